The molecule has 0 atom stereocenters. The average molecular weight is 815 g/mol. The number of benzene rings is 8. The molecule has 1 N–H and O–H groups in total. The quantitative estimate of drug-likeness (QED) is 0.176. The van der Waals surface area contributed by atoms with Gasteiger partial charge in [-0.1, -0.05) is 156 Å². The number of para-hydroxylation sites is 1. The van der Waals surface area contributed by atoms with Crippen LogP contribution in [0, 0.1) is 0 Å². The zero-order valence-corrected chi connectivity index (χ0v) is 36.6. The lowest BCUT2D eigenvalue weighted by atomic mass is 9.59. The molecule has 3 aromatic heterocycles. The van der Waals surface area contributed by atoms with Crippen molar-refractivity contribution in [1.29, 1.82) is 0 Å². The second kappa shape index (κ2) is 13.6. The molecule has 0 amide bonds. The second-order valence-electron chi connectivity index (χ2n) is 19.4. The van der Waals surface area contributed by atoms with E-state index >= 15 is 0 Å². The number of hydrogen-bond donors (Lipinski definition) is 1. The number of nitrogens with one attached hydrogen (secondary N) is 1. The molecule has 1 aliphatic rings. The molecule has 8 aromatic carbocycles. The van der Waals surface area contributed by atoms with Crippen molar-refractivity contribution in [2.45, 2.75) is 52.4 Å². The minimum absolute atomic E-state index is 0.0425. The SMILES string of the molecule is CC(C)(C)c1ccc(Nc2ccc(C(C)(C)C)cc2-c2ccc3c4cc5c(cc4n4c3c2Bc2cc3oc(-c6ccccc6)c(-c6ccccc6)c3cc2-4)oc2ccccc25)cc1. The summed E-state index contributed by atoms with van der Waals surface area (Å²) in [6, 6.07) is 59.5. The Balaban J connectivity index is 1.15. The molecule has 63 heavy (non-hydrogen) atoms. The molecule has 0 bridgehead atoms. The van der Waals surface area contributed by atoms with Gasteiger partial charge in [-0.25, -0.2) is 0 Å². The van der Waals surface area contributed by atoms with Crippen LogP contribution in [0.5, 0.6) is 0 Å². The molecule has 0 unspecified atom stereocenters. The minimum atomic E-state index is -0.0425. The summed E-state index contributed by atoms with van der Waals surface area (Å²) in [5.74, 6) is 0.883. The van der Waals surface area contributed by atoms with Crippen LogP contribution < -0.4 is 16.2 Å². The van der Waals surface area contributed by atoms with E-state index in [1.54, 1.807) is 0 Å². The van der Waals surface area contributed by atoms with Gasteiger partial charge in [-0.3, -0.25) is 0 Å². The summed E-state index contributed by atoms with van der Waals surface area (Å²) < 4.78 is 16.1. The number of rotatable bonds is 5. The molecule has 4 nitrogen and oxygen atoms in total. The molecule has 1 aliphatic heterocycles. The highest BCUT2D eigenvalue weighted by atomic mass is 16.3. The van der Waals surface area contributed by atoms with Gasteiger partial charge >= 0.3 is 0 Å². The fourth-order valence-corrected chi connectivity index (χ4v) is 10.0. The van der Waals surface area contributed by atoms with Crippen LogP contribution in [-0.2, 0) is 10.8 Å². The van der Waals surface area contributed by atoms with Crippen LogP contribution in [0.1, 0.15) is 52.7 Å². The van der Waals surface area contributed by atoms with Crippen molar-refractivity contribution < 1.29 is 8.83 Å². The van der Waals surface area contributed by atoms with Gasteiger partial charge in [0.25, 0.3) is 0 Å². The first kappa shape index (κ1) is 37.5. The molecule has 0 aliphatic carbocycles. The van der Waals surface area contributed by atoms with Crippen LogP contribution in [0.25, 0.3) is 94.0 Å². The third-order valence-corrected chi connectivity index (χ3v) is 13.3. The standard InChI is InChI=1S/C58H47BN2O2/c1-57(2,3)36-21-24-38(25-22-36)60-47-28-23-37(58(4,5)6)29-42(47)40-26-27-41-43-30-44-39-19-13-14-20-50(39)62-52(44)33-48(43)61-49-31-45-51(32-46(49)59-54(40)55(41)61)63-56(35-17-11-8-12-18-35)53(45)34-15-9-7-10-16-34/h7-33,59-60H,1-6H3. The van der Waals surface area contributed by atoms with Gasteiger partial charge in [0.15, 0.2) is 7.28 Å². The predicted molar refractivity (Wildman–Crippen MR) is 268 cm³/mol. The second-order valence-corrected chi connectivity index (χ2v) is 19.4. The van der Waals surface area contributed by atoms with E-state index in [1.165, 1.54) is 55.2 Å². The Bertz CT molecular complexity index is 3610. The Morgan fingerprint density at radius 2 is 1.17 bits per heavy atom. The molecule has 0 saturated carbocycles. The summed E-state index contributed by atoms with van der Waals surface area (Å²) in [5, 5.41) is 9.69. The van der Waals surface area contributed by atoms with Crippen molar-refractivity contribution in [1.82, 2.24) is 4.57 Å². The van der Waals surface area contributed by atoms with E-state index in [0.717, 1.165) is 79.5 Å². The van der Waals surface area contributed by atoms with E-state index in [2.05, 4.69) is 209 Å². The molecule has 12 rings (SSSR count). The number of fused-ring (bicyclic) bond motifs is 9. The Labute approximate surface area is 368 Å². The van der Waals surface area contributed by atoms with Gasteiger partial charge in [0.2, 0.25) is 0 Å². The average Bonchev–Trinajstić information content (AvgIpc) is 3.95. The lowest BCUT2D eigenvalue weighted by molar-refractivity contribution is 0.590. The summed E-state index contributed by atoms with van der Waals surface area (Å²) in [6.45, 7) is 13.7. The highest BCUT2D eigenvalue weighted by molar-refractivity contribution is 6.73. The predicted octanol–water partition coefficient (Wildman–Crippen LogP) is 14.5. The van der Waals surface area contributed by atoms with E-state index in [4.69, 9.17) is 8.83 Å². The van der Waals surface area contributed by atoms with Crippen LogP contribution in [0.15, 0.2) is 173 Å². The maximum Gasteiger partial charge on any atom is 0.198 e. The van der Waals surface area contributed by atoms with E-state index in [9.17, 15) is 0 Å². The maximum atomic E-state index is 6.98. The first-order valence-electron chi connectivity index (χ1n) is 22.1. The van der Waals surface area contributed by atoms with Crippen LogP contribution >= 0.6 is 0 Å². The van der Waals surface area contributed by atoms with Crippen LogP contribution in [0.4, 0.5) is 11.4 Å². The van der Waals surface area contributed by atoms with Gasteiger partial charge in [0, 0.05) is 72.3 Å². The van der Waals surface area contributed by atoms with Gasteiger partial charge in [-0.2, -0.15) is 0 Å². The van der Waals surface area contributed by atoms with Gasteiger partial charge in [0.05, 0.1) is 5.52 Å². The summed E-state index contributed by atoms with van der Waals surface area (Å²) in [7, 11) is 0.745. The van der Waals surface area contributed by atoms with Crippen molar-refractivity contribution in [3.05, 3.63) is 175 Å². The number of nitrogens with zero attached hydrogens (tertiary/aromatic N) is 1. The van der Waals surface area contributed by atoms with E-state index in [-0.39, 0.29) is 10.8 Å². The number of furan rings is 2. The zero-order valence-electron chi connectivity index (χ0n) is 36.6. The molecule has 0 saturated heterocycles. The van der Waals surface area contributed by atoms with Gasteiger partial charge < -0.3 is 18.7 Å². The highest BCUT2D eigenvalue weighted by Gasteiger charge is 2.30. The fraction of sp³-hybridized carbons (Fsp3) is 0.138. The summed E-state index contributed by atoms with van der Waals surface area (Å²) in [4.78, 5) is 0. The first-order chi connectivity index (χ1) is 30.5. The fourth-order valence-electron chi connectivity index (χ4n) is 10.0. The maximum absolute atomic E-state index is 6.98. The third kappa shape index (κ3) is 5.97. The van der Waals surface area contributed by atoms with Crippen molar-refractivity contribution in [2.24, 2.45) is 0 Å². The highest BCUT2D eigenvalue weighted by Crippen LogP contribution is 2.45. The van der Waals surface area contributed by atoms with Gasteiger partial charge in [-0.15, -0.1) is 0 Å². The summed E-state index contributed by atoms with van der Waals surface area (Å²) >= 11 is 0. The monoisotopic (exact) mass is 814 g/mol. The molecular formula is C58H47BN2O2. The summed E-state index contributed by atoms with van der Waals surface area (Å²) in [6.07, 6.45) is 0. The minimum Gasteiger partial charge on any atom is -0.456 e. The van der Waals surface area contributed by atoms with Crippen molar-refractivity contribution in [2.75, 3.05) is 5.32 Å². The lowest BCUT2D eigenvalue weighted by Gasteiger charge is -2.26. The largest absolute Gasteiger partial charge is 0.456 e. The topological polar surface area (TPSA) is 43.2 Å². The number of aromatic nitrogens is 1. The summed E-state index contributed by atoms with van der Waals surface area (Å²) in [5.41, 5.74) is 19.2. The van der Waals surface area contributed by atoms with E-state index in [0.29, 0.717) is 0 Å². The van der Waals surface area contributed by atoms with Crippen LogP contribution in [0.2, 0.25) is 0 Å². The third-order valence-electron chi connectivity index (χ3n) is 13.3. The first-order valence-corrected chi connectivity index (χ1v) is 22.1. The Morgan fingerprint density at radius 1 is 0.492 bits per heavy atom. The Kier molecular flexibility index (Phi) is 8.12. The Hall–Kier alpha value is -7.24. The van der Waals surface area contributed by atoms with Gasteiger partial charge in [0.1, 0.15) is 22.5 Å². The van der Waals surface area contributed by atoms with E-state index in [1.807, 2.05) is 6.07 Å². The van der Waals surface area contributed by atoms with Crippen LogP contribution in [0.3, 0.4) is 0 Å². The lowest BCUT2D eigenvalue weighted by Crippen LogP contribution is -2.37. The molecule has 0 spiro atoms. The van der Waals surface area contributed by atoms with Gasteiger partial charge in [-0.05, 0) is 87.1 Å². The van der Waals surface area contributed by atoms with E-state index < -0.39 is 0 Å². The zero-order chi connectivity index (χ0) is 42.8. The molecular weight excluding hydrogens is 767 g/mol. The molecule has 5 heteroatoms. The Morgan fingerprint density at radius 3 is 1.92 bits per heavy atom. The number of anilines is 2. The smallest absolute Gasteiger partial charge is 0.198 e. The molecule has 0 fully saturated rings. The normalized spacial score (nSPS) is 12.7. The van der Waals surface area contributed by atoms with Crippen molar-refractivity contribution in [3.8, 4) is 39.3 Å². The molecule has 4 heterocycles. The molecule has 11 aromatic rings. The number of hydrogen-bond acceptors (Lipinski definition) is 3. The van der Waals surface area contributed by atoms with Crippen molar-refractivity contribution >= 4 is 84.3 Å². The van der Waals surface area contributed by atoms with Crippen LogP contribution in [-0.4, -0.2) is 11.8 Å². The molecule has 304 valence electrons. The van der Waals surface area contributed by atoms with Crippen molar-refractivity contribution in [3.63, 3.8) is 0 Å². The molecule has 0 radical (unpaired) electrons.